The number of nitrogens with zero attached hydrogens (tertiary/aromatic N) is 4. The largest absolute Gasteiger partial charge is 0.463 e. The van der Waals surface area contributed by atoms with Gasteiger partial charge in [0.25, 0.3) is 5.91 Å². The number of pyridine rings is 1. The molecule has 1 amide bonds. The van der Waals surface area contributed by atoms with Crippen LogP contribution in [0.4, 0.5) is 5.69 Å². The molecule has 0 radical (unpaired) electrons. The first-order valence-corrected chi connectivity index (χ1v) is 12.4. The lowest BCUT2D eigenvalue weighted by atomic mass is 10.1. The number of aromatic nitrogens is 3. The number of thioether (sulfide) groups is 1. The van der Waals surface area contributed by atoms with Gasteiger partial charge < -0.3 is 14.6 Å². The number of nitrogens with one attached hydrogen (secondary N) is 1. The SMILES string of the molecule is CC(C)n1ncc2c(C(=O)NCc3ccc(N4CCSCC4)cc3)cc(-c3ccco3)nc21. The summed E-state index contributed by atoms with van der Waals surface area (Å²) in [5.41, 5.74) is 4.14. The van der Waals surface area contributed by atoms with Crippen LogP contribution in [0.25, 0.3) is 22.5 Å². The Morgan fingerprint density at radius 3 is 2.67 bits per heavy atom. The van der Waals surface area contributed by atoms with Gasteiger partial charge in [0.15, 0.2) is 11.4 Å². The number of hydrogen-bond donors (Lipinski definition) is 1. The van der Waals surface area contributed by atoms with Gasteiger partial charge in [0.05, 0.1) is 23.4 Å². The standard InChI is InChI=1S/C25H27N5O2S/c1-17(2)30-24-21(16-27-30)20(14-22(28-24)23-4-3-11-32-23)25(31)26-15-18-5-7-19(8-6-18)29-9-12-33-13-10-29/h3-8,11,14,16-17H,9-10,12-13,15H2,1-2H3,(H,26,31). The van der Waals surface area contributed by atoms with Crippen molar-refractivity contribution in [2.45, 2.75) is 26.4 Å². The first-order valence-electron chi connectivity index (χ1n) is 11.2. The molecule has 4 heterocycles. The summed E-state index contributed by atoms with van der Waals surface area (Å²) in [5, 5.41) is 8.27. The second kappa shape index (κ2) is 9.31. The van der Waals surface area contributed by atoms with Crippen molar-refractivity contribution in [1.82, 2.24) is 20.1 Å². The van der Waals surface area contributed by atoms with E-state index in [9.17, 15) is 4.79 Å². The van der Waals surface area contributed by atoms with Crippen molar-refractivity contribution in [2.24, 2.45) is 0 Å². The average molecular weight is 462 g/mol. The molecule has 33 heavy (non-hydrogen) atoms. The van der Waals surface area contributed by atoms with E-state index in [1.54, 1.807) is 18.5 Å². The molecule has 0 atom stereocenters. The maximum absolute atomic E-state index is 13.2. The van der Waals surface area contributed by atoms with E-state index in [1.165, 1.54) is 17.2 Å². The topological polar surface area (TPSA) is 76.2 Å². The number of anilines is 1. The number of hydrogen-bond acceptors (Lipinski definition) is 6. The maximum Gasteiger partial charge on any atom is 0.252 e. The molecule has 1 aliphatic rings. The number of fused-ring (bicyclic) bond motifs is 1. The molecular weight excluding hydrogens is 434 g/mol. The average Bonchev–Trinajstić information content (AvgIpc) is 3.53. The van der Waals surface area contributed by atoms with E-state index < -0.39 is 0 Å². The second-order valence-corrected chi connectivity index (χ2v) is 9.63. The van der Waals surface area contributed by atoms with Gasteiger partial charge in [0.1, 0.15) is 5.69 Å². The highest BCUT2D eigenvalue weighted by Crippen LogP contribution is 2.27. The molecule has 5 rings (SSSR count). The molecule has 0 saturated carbocycles. The third-order valence-corrected chi connectivity index (χ3v) is 6.78. The van der Waals surface area contributed by atoms with Gasteiger partial charge in [-0.15, -0.1) is 0 Å². The monoisotopic (exact) mass is 461 g/mol. The van der Waals surface area contributed by atoms with E-state index in [0.717, 1.165) is 24.0 Å². The predicted octanol–water partition coefficient (Wildman–Crippen LogP) is 4.76. The van der Waals surface area contributed by atoms with E-state index in [-0.39, 0.29) is 11.9 Å². The lowest BCUT2D eigenvalue weighted by Crippen LogP contribution is -2.32. The van der Waals surface area contributed by atoms with Crippen LogP contribution in [0.15, 0.2) is 59.3 Å². The summed E-state index contributed by atoms with van der Waals surface area (Å²) in [5.74, 6) is 2.81. The van der Waals surface area contributed by atoms with E-state index in [4.69, 9.17) is 9.40 Å². The maximum atomic E-state index is 13.2. The fourth-order valence-corrected chi connectivity index (χ4v) is 4.96. The first-order chi connectivity index (χ1) is 16.1. The van der Waals surface area contributed by atoms with E-state index >= 15 is 0 Å². The van der Waals surface area contributed by atoms with Gasteiger partial charge in [-0.2, -0.15) is 16.9 Å². The summed E-state index contributed by atoms with van der Waals surface area (Å²) >= 11 is 2.00. The van der Waals surface area contributed by atoms with Gasteiger partial charge in [0, 0.05) is 42.9 Å². The van der Waals surface area contributed by atoms with Crippen molar-refractivity contribution in [3.8, 4) is 11.5 Å². The smallest absolute Gasteiger partial charge is 0.252 e. The molecule has 4 aromatic rings. The summed E-state index contributed by atoms with van der Waals surface area (Å²) < 4.78 is 7.37. The molecule has 8 heteroatoms. The van der Waals surface area contributed by atoms with Crippen LogP contribution >= 0.6 is 11.8 Å². The highest BCUT2D eigenvalue weighted by atomic mass is 32.2. The molecular formula is C25H27N5O2S. The molecule has 0 unspecified atom stereocenters. The highest BCUT2D eigenvalue weighted by molar-refractivity contribution is 7.99. The lowest BCUT2D eigenvalue weighted by molar-refractivity contribution is 0.0952. The van der Waals surface area contributed by atoms with E-state index in [2.05, 4.69) is 39.6 Å². The summed E-state index contributed by atoms with van der Waals surface area (Å²) in [7, 11) is 0. The number of rotatable bonds is 6. The number of benzene rings is 1. The Hall–Kier alpha value is -3.26. The number of carbonyl (C=O) groups is 1. The fraction of sp³-hybridized carbons (Fsp3) is 0.320. The van der Waals surface area contributed by atoms with Crippen molar-refractivity contribution >= 4 is 34.4 Å². The fourth-order valence-electron chi connectivity index (χ4n) is 4.06. The van der Waals surface area contributed by atoms with Crippen molar-refractivity contribution in [3.05, 3.63) is 66.1 Å². The minimum Gasteiger partial charge on any atom is -0.463 e. The first kappa shape index (κ1) is 21.6. The lowest BCUT2D eigenvalue weighted by Gasteiger charge is -2.28. The molecule has 0 bridgehead atoms. The van der Waals surface area contributed by atoms with Crippen molar-refractivity contribution in [1.29, 1.82) is 0 Å². The molecule has 7 nitrogen and oxygen atoms in total. The van der Waals surface area contributed by atoms with Crippen LogP contribution in [0.5, 0.6) is 0 Å². The Balaban J connectivity index is 1.38. The normalized spacial score (nSPS) is 14.2. The quantitative estimate of drug-likeness (QED) is 0.446. The summed E-state index contributed by atoms with van der Waals surface area (Å²) in [6.07, 6.45) is 3.32. The van der Waals surface area contributed by atoms with Gasteiger partial charge in [-0.05, 0) is 49.7 Å². The van der Waals surface area contributed by atoms with Crippen LogP contribution in [-0.4, -0.2) is 45.3 Å². The Kier molecular flexibility index (Phi) is 6.09. The Bertz CT molecular complexity index is 1240. The Labute approximate surface area is 197 Å². The van der Waals surface area contributed by atoms with Crippen LogP contribution in [0, 0.1) is 0 Å². The summed E-state index contributed by atoms with van der Waals surface area (Å²) in [4.78, 5) is 20.4. The van der Waals surface area contributed by atoms with Crippen molar-refractivity contribution in [2.75, 3.05) is 29.5 Å². The molecule has 0 spiro atoms. The molecule has 1 aliphatic heterocycles. The van der Waals surface area contributed by atoms with Crippen LogP contribution < -0.4 is 10.2 Å². The van der Waals surface area contributed by atoms with Gasteiger partial charge in [-0.3, -0.25) is 4.79 Å². The van der Waals surface area contributed by atoms with Crippen LogP contribution in [0.1, 0.15) is 35.8 Å². The highest BCUT2D eigenvalue weighted by Gasteiger charge is 2.19. The molecule has 1 saturated heterocycles. The minimum absolute atomic E-state index is 0.120. The second-order valence-electron chi connectivity index (χ2n) is 8.40. The third kappa shape index (κ3) is 4.48. The van der Waals surface area contributed by atoms with Gasteiger partial charge in [-0.1, -0.05) is 12.1 Å². The molecule has 170 valence electrons. The summed E-state index contributed by atoms with van der Waals surface area (Å²) in [6.45, 7) is 6.70. The Morgan fingerprint density at radius 2 is 1.97 bits per heavy atom. The van der Waals surface area contributed by atoms with Crippen molar-refractivity contribution < 1.29 is 9.21 Å². The number of furan rings is 1. The molecule has 0 aliphatic carbocycles. The molecule has 1 fully saturated rings. The zero-order chi connectivity index (χ0) is 22.8. The molecule has 3 aromatic heterocycles. The summed E-state index contributed by atoms with van der Waals surface area (Å²) in [6, 6.07) is 14.0. The van der Waals surface area contributed by atoms with Gasteiger partial charge in [-0.25, -0.2) is 9.67 Å². The van der Waals surface area contributed by atoms with Crippen LogP contribution in [0.2, 0.25) is 0 Å². The third-order valence-electron chi connectivity index (χ3n) is 5.84. The predicted molar refractivity (Wildman–Crippen MR) is 133 cm³/mol. The molecule has 1 N–H and O–H groups in total. The minimum atomic E-state index is -0.157. The van der Waals surface area contributed by atoms with Crippen LogP contribution in [-0.2, 0) is 6.54 Å². The van der Waals surface area contributed by atoms with Crippen molar-refractivity contribution in [3.63, 3.8) is 0 Å². The number of carbonyl (C=O) groups excluding carboxylic acids is 1. The zero-order valence-corrected chi connectivity index (χ0v) is 19.6. The molecule has 1 aromatic carbocycles. The number of amides is 1. The van der Waals surface area contributed by atoms with Gasteiger partial charge >= 0.3 is 0 Å². The van der Waals surface area contributed by atoms with Gasteiger partial charge in [0.2, 0.25) is 0 Å². The van der Waals surface area contributed by atoms with Crippen LogP contribution in [0.3, 0.4) is 0 Å². The van der Waals surface area contributed by atoms with E-state index in [0.29, 0.717) is 29.2 Å². The van der Waals surface area contributed by atoms with E-state index in [1.807, 2.05) is 42.4 Å². The zero-order valence-electron chi connectivity index (χ0n) is 18.8. The Morgan fingerprint density at radius 1 is 1.18 bits per heavy atom.